The first-order valence-corrected chi connectivity index (χ1v) is 5.74. The van der Waals surface area contributed by atoms with Gasteiger partial charge in [0.25, 0.3) is 0 Å². The largest absolute Gasteiger partial charge is 0.453 e. The van der Waals surface area contributed by atoms with E-state index >= 15 is 0 Å². The van der Waals surface area contributed by atoms with Gasteiger partial charge in [-0.25, -0.2) is 0 Å². The summed E-state index contributed by atoms with van der Waals surface area (Å²) in [4.78, 5) is 4.00. The van der Waals surface area contributed by atoms with Crippen molar-refractivity contribution in [2.75, 3.05) is 5.73 Å². The van der Waals surface area contributed by atoms with Crippen molar-refractivity contribution in [1.82, 2.24) is 15.2 Å². The molecule has 0 saturated carbocycles. The molecule has 4 N–H and O–H groups in total. The minimum Gasteiger partial charge on any atom is -0.453 e. The molecule has 0 spiro atoms. The van der Waals surface area contributed by atoms with E-state index < -0.39 is 0 Å². The second-order valence-corrected chi connectivity index (χ2v) is 4.06. The average Bonchev–Trinajstić information content (AvgIpc) is 3.07. The second-order valence-electron chi connectivity index (χ2n) is 4.06. The van der Waals surface area contributed by atoms with Gasteiger partial charge < -0.3 is 15.3 Å². The van der Waals surface area contributed by atoms with Gasteiger partial charge in [-0.05, 0) is 23.8 Å². The number of furan rings is 1. The van der Waals surface area contributed by atoms with Gasteiger partial charge in [-0.3, -0.25) is 5.10 Å². The van der Waals surface area contributed by atoms with E-state index in [2.05, 4.69) is 15.2 Å². The topological polar surface area (TPSA) is 101 Å². The van der Waals surface area contributed by atoms with Crippen LogP contribution in [0.25, 0.3) is 22.9 Å². The number of nitrogens with one attached hydrogen (secondary N) is 1. The molecule has 0 atom stereocenters. The van der Waals surface area contributed by atoms with Gasteiger partial charge in [0.2, 0.25) is 5.95 Å². The van der Waals surface area contributed by atoms with E-state index in [1.807, 2.05) is 30.3 Å². The van der Waals surface area contributed by atoms with E-state index in [4.69, 9.17) is 15.3 Å². The Morgan fingerprint density at radius 1 is 1.21 bits per heavy atom. The van der Waals surface area contributed by atoms with Crippen molar-refractivity contribution in [2.24, 2.45) is 0 Å². The predicted octanol–water partition coefficient (Wildman–Crippen LogP) is 1.81. The summed E-state index contributed by atoms with van der Waals surface area (Å²) in [5, 5.41) is 15.6. The van der Waals surface area contributed by atoms with Crippen LogP contribution in [0.1, 0.15) is 5.56 Å². The van der Waals surface area contributed by atoms with Gasteiger partial charge in [0.05, 0.1) is 6.61 Å². The van der Waals surface area contributed by atoms with Gasteiger partial charge in [-0.2, -0.15) is 4.98 Å². The first-order valence-electron chi connectivity index (χ1n) is 5.74. The van der Waals surface area contributed by atoms with E-state index in [1.54, 1.807) is 6.07 Å². The molecule has 0 radical (unpaired) electrons. The van der Waals surface area contributed by atoms with Crippen LogP contribution in [0.2, 0.25) is 0 Å². The number of nitrogens with two attached hydrogens (primary N) is 1. The van der Waals surface area contributed by atoms with Crippen LogP contribution in [0.15, 0.2) is 40.8 Å². The maximum Gasteiger partial charge on any atom is 0.239 e. The fourth-order valence-electron chi connectivity index (χ4n) is 1.83. The van der Waals surface area contributed by atoms with Crippen molar-refractivity contribution in [1.29, 1.82) is 0 Å². The van der Waals surface area contributed by atoms with E-state index in [-0.39, 0.29) is 12.6 Å². The van der Waals surface area contributed by atoms with Crippen LogP contribution in [0.5, 0.6) is 0 Å². The Morgan fingerprint density at radius 3 is 2.79 bits per heavy atom. The van der Waals surface area contributed by atoms with Gasteiger partial charge in [-0.15, -0.1) is 5.10 Å². The Kier molecular flexibility index (Phi) is 2.77. The number of nitrogen functional groups attached to an aromatic ring is 1. The molecule has 0 aliphatic carbocycles. The van der Waals surface area contributed by atoms with Crippen LogP contribution in [0.4, 0.5) is 5.95 Å². The van der Waals surface area contributed by atoms with Gasteiger partial charge >= 0.3 is 0 Å². The molecule has 0 amide bonds. The number of hydrogen-bond acceptors (Lipinski definition) is 5. The number of aliphatic hydroxyl groups is 1. The highest BCUT2D eigenvalue weighted by molar-refractivity contribution is 5.62. The van der Waals surface area contributed by atoms with Crippen LogP contribution < -0.4 is 5.73 Å². The minimum atomic E-state index is 0.0000428. The van der Waals surface area contributed by atoms with Gasteiger partial charge in [-0.1, -0.05) is 18.2 Å². The zero-order valence-corrected chi connectivity index (χ0v) is 10.00. The maximum absolute atomic E-state index is 9.13. The monoisotopic (exact) mass is 256 g/mol. The van der Waals surface area contributed by atoms with Crippen LogP contribution in [0.3, 0.4) is 0 Å². The Hall–Kier alpha value is -2.60. The highest BCUT2D eigenvalue weighted by Gasteiger charge is 2.10. The average molecular weight is 256 g/mol. The summed E-state index contributed by atoms with van der Waals surface area (Å²) in [5.41, 5.74) is 7.18. The third-order valence-corrected chi connectivity index (χ3v) is 2.74. The van der Waals surface area contributed by atoms with Gasteiger partial charge in [0, 0.05) is 5.56 Å². The lowest BCUT2D eigenvalue weighted by atomic mass is 10.1. The number of benzene rings is 1. The third-order valence-electron chi connectivity index (χ3n) is 2.74. The highest BCUT2D eigenvalue weighted by Crippen LogP contribution is 2.27. The lowest BCUT2D eigenvalue weighted by Crippen LogP contribution is -1.85. The van der Waals surface area contributed by atoms with Crippen LogP contribution in [-0.2, 0) is 6.61 Å². The van der Waals surface area contributed by atoms with Crippen molar-refractivity contribution in [2.45, 2.75) is 6.61 Å². The minimum absolute atomic E-state index is 0.0000428. The molecule has 3 rings (SSSR count). The molecule has 0 unspecified atom stereocenters. The predicted molar refractivity (Wildman–Crippen MR) is 69.9 cm³/mol. The zero-order chi connectivity index (χ0) is 13.2. The molecule has 2 aromatic heterocycles. The lowest BCUT2D eigenvalue weighted by Gasteiger charge is -2.00. The molecule has 0 fully saturated rings. The normalized spacial score (nSPS) is 10.8. The molecule has 3 aromatic rings. The fourth-order valence-corrected chi connectivity index (χ4v) is 1.83. The van der Waals surface area contributed by atoms with Crippen molar-refractivity contribution >= 4 is 5.95 Å². The number of aliphatic hydroxyl groups excluding tert-OH is 1. The second kappa shape index (κ2) is 4.58. The van der Waals surface area contributed by atoms with Crippen LogP contribution in [-0.4, -0.2) is 20.3 Å². The molecule has 0 bridgehead atoms. The Morgan fingerprint density at radius 2 is 2.05 bits per heavy atom. The fraction of sp³-hybridized carbons (Fsp3) is 0.0769. The standard InChI is InChI=1S/C13H12N4O2/c14-13-15-12(16-17-13)11-5-4-10(19-11)9-3-1-2-8(6-9)7-18/h1-6,18H,7H2,(H3,14,15,16,17). The molecule has 0 aliphatic rings. The molecule has 2 heterocycles. The smallest absolute Gasteiger partial charge is 0.239 e. The molecule has 0 saturated heterocycles. The summed E-state index contributed by atoms with van der Waals surface area (Å²) in [6.45, 7) is 0.0000428. The van der Waals surface area contributed by atoms with Crippen molar-refractivity contribution in [3.05, 3.63) is 42.0 Å². The number of aromatic nitrogens is 3. The molecular weight excluding hydrogens is 244 g/mol. The summed E-state index contributed by atoms with van der Waals surface area (Å²) in [5.74, 6) is 1.92. The number of H-pyrrole nitrogens is 1. The van der Waals surface area contributed by atoms with Crippen LogP contribution >= 0.6 is 0 Å². The van der Waals surface area contributed by atoms with Gasteiger partial charge in [0.1, 0.15) is 5.76 Å². The summed E-state index contributed by atoms with van der Waals surface area (Å²) in [7, 11) is 0. The molecular formula is C13H12N4O2. The quantitative estimate of drug-likeness (QED) is 0.663. The summed E-state index contributed by atoms with van der Waals surface area (Å²) < 4.78 is 5.70. The molecule has 0 aliphatic heterocycles. The van der Waals surface area contributed by atoms with Crippen molar-refractivity contribution in [3.8, 4) is 22.9 Å². The first kappa shape index (κ1) is 11.5. The highest BCUT2D eigenvalue weighted by atomic mass is 16.3. The Labute approximate surface area is 108 Å². The number of anilines is 1. The molecule has 96 valence electrons. The first-order chi connectivity index (χ1) is 9.26. The lowest BCUT2D eigenvalue weighted by molar-refractivity contribution is 0.282. The van der Waals surface area contributed by atoms with E-state index in [9.17, 15) is 0 Å². The number of aromatic amines is 1. The third kappa shape index (κ3) is 2.21. The summed E-state index contributed by atoms with van der Waals surface area (Å²) >= 11 is 0. The Balaban J connectivity index is 1.96. The SMILES string of the molecule is Nc1n[nH]c(-c2ccc(-c3cccc(CO)c3)o2)n1. The zero-order valence-electron chi connectivity index (χ0n) is 10.00. The number of rotatable bonds is 3. The summed E-state index contributed by atoms with van der Waals surface area (Å²) in [6, 6.07) is 11.1. The number of hydrogen-bond donors (Lipinski definition) is 3. The van der Waals surface area contributed by atoms with E-state index in [0.29, 0.717) is 17.3 Å². The number of nitrogens with zero attached hydrogens (tertiary/aromatic N) is 2. The molecule has 19 heavy (non-hydrogen) atoms. The molecule has 6 heteroatoms. The summed E-state index contributed by atoms with van der Waals surface area (Å²) in [6.07, 6.45) is 0. The molecule has 6 nitrogen and oxygen atoms in total. The van der Waals surface area contributed by atoms with E-state index in [1.165, 1.54) is 0 Å². The van der Waals surface area contributed by atoms with Crippen LogP contribution in [0, 0.1) is 0 Å². The van der Waals surface area contributed by atoms with Crippen molar-refractivity contribution < 1.29 is 9.52 Å². The molecule has 1 aromatic carbocycles. The Bertz CT molecular complexity index is 702. The van der Waals surface area contributed by atoms with Gasteiger partial charge in [0.15, 0.2) is 11.6 Å². The maximum atomic E-state index is 9.13. The van der Waals surface area contributed by atoms with E-state index in [0.717, 1.165) is 11.1 Å². The van der Waals surface area contributed by atoms with Crippen molar-refractivity contribution in [3.63, 3.8) is 0 Å².